The van der Waals surface area contributed by atoms with E-state index in [1.54, 1.807) is 0 Å². The molecule has 5 heteroatoms. The van der Waals surface area contributed by atoms with Crippen LogP contribution in [0.25, 0.3) is 0 Å². The Morgan fingerprint density at radius 3 is 2.89 bits per heavy atom. The number of ether oxygens (including phenoxy) is 1. The van der Waals surface area contributed by atoms with Gasteiger partial charge in [0.05, 0.1) is 18.8 Å². The molecule has 1 unspecified atom stereocenters. The lowest BCUT2D eigenvalue weighted by Crippen LogP contribution is -2.44. The lowest BCUT2D eigenvalue weighted by molar-refractivity contribution is 0.180. The van der Waals surface area contributed by atoms with Crippen molar-refractivity contribution in [3.63, 3.8) is 0 Å². The molecule has 0 fully saturated rings. The number of hydrogen-bond donors (Lipinski definition) is 2. The molecule has 1 aromatic rings. The smallest absolute Gasteiger partial charge is 0.215 e. The number of hydrogen-bond acceptors (Lipinski definition) is 4. The fourth-order valence-corrected chi connectivity index (χ4v) is 2.14. The third-order valence-corrected chi connectivity index (χ3v) is 3.22. The third-order valence-electron chi connectivity index (χ3n) is 3.22. The van der Waals surface area contributed by atoms with E-state index >= 15 is 0 Å². The lowest BCUT2D eigenvalue weighted by Gasteiger charge is -2.27. The van der Waals surface area contributed by atoms with Crippen LogP contribution in [-0.4, -0.2) is 42.6 Å². The second-order valence-corrected chi connectivity index (χ2v) is 5.86. The summed E-state index contributed by atoms with van der Waals surface area (Å²) in [7, 11) is 1.96. The van der Waals surface area contributed by atoms with Gasteiger partial charge in [0.15, 0.2) is 0 Å². The standard InChI is InChI=1S/C13H24N4O/c1-13(2,3)11-7-16-17-8-10(9-18-12(11)17)15-6-5-14-4/h7,10,14-15H,5-6,8-9H2,1-4H3. The van der Waals surface area contributed by atoms with Crippen LogP contribution in [0.1, 0.15) is 26.3 Å². The Bertz CT molecular complexity index is 394. The summed E-state index contributed by atoms with van der Waals surface area (Å²) in [6.07, 6.45) is 1.94. The van der Waals surface area contributed by atoms with Crippen LogP contribution in [0, 0.1) is 0 Å². The molecule has 0 aromatic carbocycles. The van der Waals surface area contributed by atoms with E-state index in [1.165, 1.54) is 5.56 Å². The van der Waals surface area contributed by atoms with Crippen LogP contribution in [0.4, 0.5) is 0 Å². The minimum atomic E-state index is 0.0833. The first-order valence-corrected chi connectivity index (χ1v) is 6.59. The molecule has 0 saturated carbocycles. The lowest BCUT2D eigenvalue weighted by atomic mass is 9.89. The molecule has 0 spiro atoms. The maximum Gasteiger partial charge on any atom is 0.215 e. The van der Waals surface area contributed by atoms with Crippen molar-refractivity contribution in [1.82, 2.24) is 20.4 Å². The van der Waals surface area contributed by atoms with Crippen molar-refractivity contribution >= 4 is 0 Å². The summed E-state index contributed by atoms with van der Waals surface area (Å²) >= 11 is 0. The molecule has 0 bridgehead atoms. The largest absolute Gasteiger partial charge is 0.476 e. The molecule has 1 aromatic heterocycles. The van der Waals surface area contributed by atoms with Crippen LogP contribution < -0.4 is 15.4 Å². The van der Waals surface area contributed by atoms with E-state index in [1.807, 2.05) is 17.9 Å². The fourth-order valence-electron chi connectivity index (χ4n) is 2.14. The van der Waals surface area contributed by atoms with Crippen molar-refractivity contribution in [2.75, 3.05) is 26.7 Å². The SMILES string of the molecule is CNCCNC1COc2c(C(C)(C)C)cnn2C1. The Hall–Kier alpha value is -1.07. The Labute approximate surface area is 109 Å². The van der Waals surface area contributed by atoms with Crippen LogP contribution in [0.5, 0.6) is 5.88 Å². The molecule has 5 nitrogen and oxygen atoms in total. The summed E-state index contributed by atoms with van der Waals surface area (Å²) in [5.41, 5.74) is 1.27. The summed E-state index contributed by atoms with van der Waals surface area (Å²) in [5, 5.41) is 11.0. The molecular weight excluding hydrogens is 228 g/mol. The summed E-state index contributed by atoms with van der Waals surface area (Å²) in [6, 6.07) is 0.346. The van der Waals surface area contributed by atoms with Gasteiger partial charge in [0, 0.05) is 18.7 Å². The van der Waals surface area contributed by atoms with Crippen LogP contribution >= 0.6 is 0 Å². The number of rotatable bonds is 4. The number of likely N-dealkylation sites (N-methyl/N-ethyl adjacent to an activating group) is 1. The van der Waals surface area contributed by atoms with E-state index in [0.717, 1.165) is 32.1 Å². The molecule has 0 saturated heterocycles. The molecule has 0 radical (unpaired) electrons. The Morgan fingerprint density at radius 2 is 2.22 bits per heavy atom. The minimum absolute atomic E-state index is 0.0833. The summed E-state index contributed by atoms with van der Waals surface area (Å²) in [6.45, 7) is 10.1. The molecule has 0 aliphatic carbocycles. The number of aromatic nitrogens is 2. The van der Waals surface area contributed by atoms with Gasteiger partial charge in [-0.2, -0.15) is 5.10 Å². The zero-order valence-electron chi connectivity index (χ0n) is 11.8. The minimum Gasteiger partial charge on any atom is -0.476 e. The van der Waals surface area contributed by atoms with Crippen molar-refractivity contribution in [2.45, 2.75) is 38.8 Å². The predicted molar refractivity (Wildman–Crippen MR) is 72.1 cm³/mol. The second-order valence-electron chi connectivity index (χ2n) is 5.86. The monoisotopic (exact) mass is 252 g/mol. The summed E-state index contributed by atoms with van der Waals surface area (Å²) < 4.78 is 7.86. The zero-order valence-corrected chi connectivity index (χ0v) is 11.8. The van der Waals surface area contributed by atoms with Gasteiger partial charge < -0.3 is 15.4 Å². The molecule has 2 N–H and O–H groups in total. The summed E-state index contributed by atoms with van der Waals surface area (Å²) in [5.74, 6) is 0.939. The van der Waals surface area contributed by atoms with Gasteiger partial charge in [-0.3, -0.25) is 0 Å². The average molecular weight is 252 g/mol. The van der Waals surface area contributed by atoms with E-state index in [-0.39, 0.29) is 5.41 Å². The van der Waals surface area contributed by atoms with Crippen molar-refractivity contribution in [1.29, 1.82) is 0 Å². The number of nitrogens with zero attached hydrogens (tertiary/aromatic N) is 2. The Morgan fingerprint density at radius 1 is 1.44 bits per heavy atom. The van der Waals surface area contributed by atoms with Gasteiger partial charge in [0.1, 0.15) is 6.61 Å². The van der Waals surface area contributed by atoms with Gasteiger partial charge >= 0.3 is 0 Å². The van der Waals surface area contributed by atoms with Gasteiger partial charge in [-0.15, -0.1) is 0 Å². The van der Waals surface area contributed by atoms with Gasteiger partial charge in [0.25, 0.3) is 0 Å². The van der Waals surface area contributed by atoms with Crippen molar-refractivity contribution in [2.24, 2.45) is 0 Å². The first kappa shape index (κ1) is 13.4. The van der Waals surface area contributed by atoms with Crippen LogP contribution in [0.2, 0.25) is 0 Å². The first-order valence-electron chi connectivity index (χ1n) is 6.59. The van der Waals surface area contributed by atoms with Crippen molar-refractivity contribution < 1.29 is 4.74 Å². The van der Waals surface area contributed by atoms with Crippen molar-refractivity contribution in [3.8, 4) is 5.88 Å². The highest BCUT2D eigenvalue weighted by Crippen LogP contribution is 2.32. The molecular formula is C13H24N4O. The Balaban J connectivity index is 2.01. The Kier molecular flexibility index (Phi) is 3.92. The highest BCUT2D eigenvalue weighted by molar-refractivity contribution is 5.32. The second kappa shape index (κ2) is 5.28. The average Bonchev–Trinajstić information content (AvgIpc) is 2.72. The highest BCUT2D eigenvalue weighted by atomic mass is 16.5. The van der Waals surface area contributed by atoms with Gasteiger partial charge in [-0.05, 0) is 12.5 Å². The molecule has 2 rings (SSSR count). The zero-order chi connectivity index (χ0) is 13.2. The molecule has 1 aliphatic rings. The van der Waals surface area contributed by atoms with Crippen LogP contribution in [0.3, 0.4) is 0 Å². The van der Waals surface area contributed by atoms with E-state index in [9.17, 15) is 0 Å². The molecule has 0 amide bonds. The molecule has 102 valence electrons. The number of fused-ring (bicyclic) bond motifs is 1. The normalized spacial score (nSPS) is 19.4. The van der Waals surface area contributed by atoms with E-state index < -0.39 is 0 Å². The van der Waals surface area contributed by atoms with Gasteiger partial charge in [-0.1, -0.05) is 20.8 Å². The van der Waals surface area contributed by atoms with Crippen molar-refractivity contribution in [3.05, 3.63) is 11.8 Å². The van der Waals surface area contributed by atoms with Gasteiger partial charge in [0.2, 0.25) is 5.88 Å². The van der Waals surface area contributed by atoms with E-state index in [0.29, 0.717) is 6.04 Å². The third kappa shape index (κ3) is 2.84. The van der Waals surface area contributed by atoms with Crippen LogP contribution in [0.15, 0.2) is 6.20 Å². The van der Waals surface area contributed by atoms with E-state index in [2.05, 4.69) is 36.5 Å². The molecule has 1 atom stereocenters. The first-order chi connectivity index (χ1) is 8.52. The molecule has 2 heterocycles. The van der Waals surface area contributed by atoms with Gasteiger partial charge in [-0.25, -0.2) is 4.68 Å². The highest BCUT2D eigenvalue weighted by Gasteiger charge is 2.28. The van der Waals surface area contributed by atoms with Crippen LogP contribution in [-0.2, 0) is 12.0 Å². The topological polar surface area (TPSA) is 51.1 Å². The van der Waals surface area contributed by atoms with E-state index in [4.69, 9.17) is 4.74 Å². The maximum atomic E-state index is 5.88. The number of nitrogens with one attached hydrogen (secondary N) is 2. The summed E-state index contributed by atoms with van der Waals surface area (Å²) in [4.78, 5) is 0. The maximum absolute atomic E-state index is 5.88. The quantitative estimate of drug-likeness (QED) is 0.777. The fraction of sp³-hybridized carbons (Fsp3) is 0.769. The molecule has 18 heavy (non-hydrogen) atoms. The predicted octanol–water partition coefficient (Wildman–Crippen LogP) is 0.751. The molecule has 1 aliphatic heterocycles.